The summed E-state index contributed by atoms with van der Waals surface area (Å²) in [6, 6.07) is 2.19. The van der Waals surface area contributed by atoms with E-state index in [1.807, 2.05) is 5.32 Å². The predicted molar refractivity (Wildman–Crippen MR) is 45.4 cm³/mol. The van der Waals surface area contributed by atoms with Gasteiger partial charge in [-0.1, -0.05) is 0 Å². The highest BCUT2D eigenvalue weighted by molar-refractivity contribution is 5.40. The van der Waals surface area contributed by atoms with E-state index in [1.165, 1.54) is 0 Å². The van der Waals surface area contributed by atoms with Crippen molar-refractivity contribution in [1.82, 2.24) is 4.98 Å². The zero-order valence-corrected chi connectivity index (χ0v) is 7.28. The Labute approximate surface area is 82.1 Å². The quantitative estimate of drug-likeness (QED) is 0.625. The first-order chi connectivity index (χ1) is 6.88. The van der Waals surface area contributed by atoms with Crippen LogP contribution in [0.1, 0.15) is 0 Å². The van der Waals surface area contributed by atoms with Gasteiger partial charge in [0.2, 0.25) is 0 Å². The van der Waals surface area contributed by atoms with E-state index in [0.717, 1.165) is 18.3 Å². The molecule has 0 aliphatic rings. The summed E-state index contributed by atoms with van der Waals surface area (Å²) in [6.07, 6.45) is -3.46. The summed E-state index contributed by atoms with van der Waals surface area (Å²) >= 11 is 0. The van der Waals surface area contributed by atoms with Crippen molar-refractivity contribution in [3.8, 4) is 0 Å². The molecule has 1 rings (SSSR count). The summed E-state index contributed by atoms with van der Waals surface area (Å²) in [4.78, 5) is 13.0. The molecule has 0 bridgehead atoms. The molecule has 1 heterocycles. The van der Waals surface area contributed by atoms with Crippen LogP contribution in [0.2, 0.25) is 0 Å². The number of hydrogen-bond donors (Lipinski definition) is 1. The van der Waals surface area contributed by atoms with E-state index in [4.69, 9.17) is 0 Å². The van der Waals surface area contributed by atoms with Crippen molar-refractivity contribution in [1.29, 1.82) is 0 Å². The molecule has 0 amide bonds. The Bertz CT molecular complexity index is 349. The first kappa shape index (κ1) is 11.2. The third-order valence-corrected chi connectivity index (χ3v) is 1.43. The Balaban J connectivity index is 2.61. The van der Waals surface area contributed by atoms with E-state index in [2.05, 4.69) is 4.98 Å². The van der Waals surface area contributed by atoms with E-state index < -0.39 is 17.6 Å². The Kier molecular flexibility index (Phi) is 3.08. The normalized spacial score (nSPS) is 11.1. The first-order valence-electron chi connectivity index (χ1n) is 3.79. The molecule has 0 aromatic carbocycles. The molecule has 0 unspecified atom stereocenters. The van der Waals surface area contributed by atoms with Crippen molar-refractivity contribution in [2.75, 3.05) is 11.9 Å². The summed E-state index contributed by atoms with van der Waals surface area (Å²) in [5, 5.41) is 12.2. The molecule has 0 aliphatic heterocycles. The van der Waals surface area contributed by atoms with Crippen LogP contribution in [0.15, 0.2) is 18.3 Å². The molecule has 0 atom stereocenters. The van der Waals surface area contributed by atoms with Gasteiger partial charge in [0.05, 0.1) is 4.92 Å². The Morgan fingerprint density at radius 2 is 2.13 bits per heavy atom. The lowest BCUT2D eigenvalue weighted by atomic mass is 10.4. The van der Waals surface area contributed by atoms with Crippen LogP contribution in [0, 0.1) is 10.1 Å². The summed E-state index contributed by atoms with van der Waals surface area (Å²) < 4.78 is 35.3. The van der Waals surface area contributed by atoms with E-state index in [1.54, 1.807) is 0 Å². The largest absolute Gasteiger partial charge is 0.405 e. The maximum atomic E-state index is 11.8. The number of anilines is 1. The number of pyridine rings is 1. The SMILES string of the molecule is O=[N+]([O-])c1ccc(NCC(F)(F)F)nc1. The van der Waals surface area contributed by atoms with Crippen molar-refractivity contribution in [2.24, 2.45) is 0 Å². The monoisotopic (exact) mass is 221 g/mol. The third kappa shape index (κ3) is 3.79. The maximum absolute atomic E-state index is 11.8. The van der Waals surface area contributed by atoms with Crippen LogP contribution < -0.4 is 5.32 Å². The zero-order valence-electron chi connectivity index (χ0n) is 7.28. The molecule has 0 saturated heterocycles. The molecule has 5 nitrogen and oxygen atoms in total. The van der Waals surface area contributed by atoms with Crippen LogP contribution in [0.25, 0.3) is 0 Å². The average molecular weight is 221 g/mol. The zero-order chi connectivity index (χ0) is 11.5. The topological polar surface area (TPSA) is 68.1 Å². The second-order valence-electron chi connectivity index (χ2n) is 2.63. The van der Waals surface area contributed by atoms with Gasteiger partial charge in [0.15, 0.2) is 0 Å². The number of rotatable bonds is 3. The van der Waals surface area contributed by atoms with Crippen LogP contribution in [-0.2, 0) is 0 Å². The molecular formula is C7H6F3N3O2. The molecule has 0 aliphatic carbocycles. The Morgan fingerprint density at radius 3 is 2.53 bits per heavy atom. The third-order valence-electron chi connectivity index (χ3n) is 1.43. The minimum Gasteiger partial charge on any atom is -0.361 e. The van der Waals surface area contributed by atoms with E-state index in [-0.39, 0.29) is 11.5 Å². The van der Waals surface area contributed by atoms with Gasteiger partial charge >= 0.3 is 6.18 Å². The Hall–Kier alpha value is -1.86. The van der Waals surface area contributed by atoms with Gasteiger partial charge in [0.25, 0.3) is 5.69 Å². The molecule has 1 N–H and O–H groups in total. The smallest absolute Gasteiger partial charge is 0.361 e. The summed E-state index contributed by atoms with van der Waals surface area (Å²) in [6.45, 7) is -1.22. The van der Waals surface area contributed by atoms with Gasteiger partial charge in [-0.3, -0.25) is 10.1 Å². The molecule has 0 radical (unpaired) electrons. The minimum atomic E-state index is -4.34. The van der Waals surface area contributed by atoms with Gasteiger partial charge in [0, 0.05) is 6.07 Å². The number of halogens is 3. The highest BCUT2D eigenvalue weighted by Gasteiger charge is 2.26. The summed E-state index contributed by atoms with van der Waals surface area (Å²) in [7, 11) is 0. The number of nitro groups is 1. The molecule has 82 valence electrons. The molecule has 1 aromatic rings. The van der Waals surface area contributed by atoms with Crippen LogP contribution >= 0.6 is 0 Å². The standard InChI is InChI=1S/C7H6F3N3O2/c8-7(9,10)4-12-6-2-1-5(3-11-6)13(14)15/h1-3H,4H2,(H,11,12). The number of nitrogens with zero attached hydrogens (tertiary/aromatic N) is 2. The fraction of sp³-hybridized carbons (Fsp3) is 0.286. The minimum absolute atomic E-state index is 0.0575. The van der Waals surface area contributed by atoms with Gasteiger partial charge < -0.3 is 5.32 Å². The predicted octanol–water partition coefficient (Wildman–Crippen LogP) is 1.96. The highest BCUT2D eigenvalue weighted by atomic mass is 19.4. The van der Waals surface area contributed by atoms with Crippen LogP contribution in [0.3, 0.4) is 0 Å². The number of aromatic nitrogens is 1. The Morgan fingerprint density at radius 1 is 1.47 bits per heavy atom. The van der Waals surface area contributed by atoms with Gasteiger partial charge in [-0.15, -0.1) is 0 Å². The molecule has 8 heteroatoms. The fourth-order valence-corrected chi connectivity index (χ4v) is 0.789. The lowest BCUT2D eigenvalue weighted by Crippen LogP contribution is -2.21. The average Bonchev–Trinajstić information content (AvgIpc) is 2.14. The van der Waals surface area contributed by atoms with Crippen molar-refractivity contribution in [3.63, 3.8) is 0 Å². The number of nitrogens with one attached hydrogen (secondary N) is 1. The second-order valence-corrected chi connectivity index (χ2v) is 2.63. The van der Waals surface area contributed by atoms with Crippen LogP contribution in [-0.4, -0.2) is 22.6 Å². The summed E-state index contributed by atoms with van der Waals surface area (Å²) in [5.74, 6) is -0.0575. The maximum Gasteiger partial charge on any atom is 0.405 e. The molecule has 0 fully saturated rings. The second kappa shape index (κ2) is 4.11. The molecule has 0 spiro atoms. The number of alkyl halides is 3. The number of hydrogen-bond acceptors (Lipinski definition) is 4. The van der Waals surface area contributed by atoms with E-state index in [9.17, 15) is 23.3 Å². The van der Waals surface area contributed by atoms with Gasteiger partial charge in [-0.2, -0.15) is 13.2 Å². The first-order valence-corrected chi connectivity index (χ1v) is 3.79. The van der Waals surface area contributed by atoms with E-state index in [0.29, 0.717) is 0 Å². The van der Waals surface area contributed by atoms with Crippen molar-refractivity contribution in [2.45, 2.75) is 6.18 Å². The van der Waals surface area contributed by atoms with Gasteiger partial charge in [-0.05, 0) is 6.07 Å². The lowest BCUT2D eigenvalue weighted by Gasteiger charge is -2.07. The van der Waals surface area contributed by atoms with Crippen LogP contribution in [0.4, 0.5) is 24.7 Å². The van der Waals surface area contributed by atoms with Gasteiger partial charge in [-0.25, -0.2) is 4.98 Å². The lowest BCUT2D eigenvalue weighted by molar-refractivity contribution is -0.385. The molecule has 1 aromatic heterocycles. The van der Waals surface area contributed by atoms with E-state index >= 15 is 0 Å². The molecule has 0 saturated carbocycles. The fourth-order valence-electron chi connectivity index (χ4n) is 0.789. The summed E-state index contributed by atoms with van der Waals surface area (Å²) in [5.41, 5.74) is -0.271. The van der Waals surface area contributed by atoms with Crippen molar-refractivity contribution in [3.05, 3.63) is 28.4 Å². The molecule has 15 heavy (non-hydrogen) atoms. The highest BCUT2D eigenvalue weighted by Crippen LogP contribution is 2.16. The van der Waals surface area contributed by atoms with Crippen LogP contribution in [0.5, 0.6) is 0 Å². The molecular weight excluding hydrogens is 215 g/mol. The van der Waals surface area contributed by atoms with Crippen molar-refractivity contribution < 1.29 is 18.1 Å². The van der Waals surface area contributed by atoms with Crippen molar-refractivity contribution >= 4 is 11.5 Å². The van der Waals surface area contributed by atoms with Gasteiger partial charge in [0.1, 0.15) is 18.6 Å².